The molecule has 0 unspecified atom stereocenters. The van der Waals surface area contributed by atoms with E-state index >= 15 is 0 Å². The Labute approximate surface area is 130 Å². The van der Waals surface area contributed by atoms with Crippen molar-refractivity contribution in [3.8, 4) is 6.07 Å². The summed E-state index contributed by atoms with van der Waals surface area (Å²) in [6.07, 6.45) is 0. The van der Waals surface area contributed by atoms with Crippen molar-refractivity contribution in [3.63, 3.8) is 0 Å². The Morgan fingerprint density at radius 2 is 1.86 bits per heavy atom. The predicted molar refractivity (Wildman–Crippen MR) is 87.3 cm³/mol. The van der Waals surface area contributed by atoms with Crippen LogP contribution in [0.15, 0.2) is 42.5 Å². The maximum absolute atomic E-state index is 8.96. The van der Waals surface area contributed by atoms with Crippen LogP contribution in [-0.4, -0.2) is 36.1 Å². The van der Waals surface area contributed by atoms with Crippen LogP contribution in [0.25, 0.3) is 0 Å². The fourth-order valence-electron chi connectivity index (χ4n) is 2.75. The van der Waals surface area contributed by atoms with E-state index < -0.39 is 0 Å². The van der Waals surface area contributed by atoms with Crippen molar-refractivity contribution in [2.75, 3.05) is 36.8 Å². The molecule has 1 aromatic carbocycles. The summed E-state index contributed by atoms with van der Waals surface area (Å²) in [7, 11) is 0. The summed E-state index contributed by atoms with van der Waals surface area (Å²) < 4.78 is 0. The van der Waals surface area contributed by atoms with E-state index in [1.807, 2.05) is 36.4 Å². The molecule has 1 fully saturated rings. The molecule has 2 N–H and O–H groups in total. The Morgan fingerprint density at radius 1 is 1.09 bits per heavy atom. The second kappa shape index (κ2) is 6.46. The van der Waals surface area contributed by atoms with Crippen LogP contribution >= 0.6 is 0 Å². The van der Waals surface area contributed by atoms with E-state index in [1.54, 1.807) is 0 Å². The molecule has 5 nitrogen and oxygen atoms in total. The number of hydrogen-bond acceptors (Lipinski definition) is 5. The van der Waals surface area contributed by atoms with Gasteiger partial charge in [-0.3, -0.25) is 4.90 Å². The van der Waals surface area contributed by atoms with Gasteiger partial charge >= 0.3 is 0 Å². The number of benzene rings is 1. The average Bonchev–Trinajstić information content (AvgIpc) is 2.56. The Hall–Kier alpha value is -2.58. The molecule has 1 saturated heterocycles. The Bertz CT molecular complexity index is 683. The van der Waals surface area contributed by atoms with E-state index in [0.717, 1.165) is 44.1 Å². The molecule has 1 aromatic heterocycles. The molecular weight excluding hydrogens is 274 g/mol. The topological polar surface area (TPSA) is 69.2 Å². The van der Waals surface area contributed by atoms with Gasteiger partial charge in [0.05, 0.1) is 11.6 Å². The van der Waals surface area contributed by atoms with E-state index in [9.17, 15) is 0 Å². The van der Waals surface area contributed by atoms with Crippen molar-refractivity contribution in [1.29, 1.82) is 5.26 Å². The Kier molecular flexibility index (Phi) is 4.22. The number of nitrogens with two attached hydrogens (primary N) is 1. The number of anilines is 2. The standard InChI is InChI=1S/C17H19N5/c18-12-14-3-1-4-15(11-14)13-21-7-9-22(10-8-21)17-6-2-5-16(19)20-17/h1-6,11H,7-10,13H2,(H2,19,20). The maximum atomic E-state index is 8.96. The molecule has 1 aliphatic heterocycles. The third-order valence-electron chi connectivity index (χ3n) is 3.91. The van der Waals surface area contributed by atoms with Gasteiger partial charge in [-0.25, -0.2) is 4.98 Å². The second-order valence-corrected chi connectivity index (χ2v) is 5.50. The largest absolute Gasteiger partial charge is 0.384 e. The fourth-order valence-corrected chi connectivity index (χ4v) is 2.75. The minimum atomic E-state index is 0.563. The molecule has 0 radical (unpaired) electrons. The van der Waals surface area contributed by atoms with Crippen molar-refractivity contribution in [1.82, 2.24) is 9.88 Å². The first kappa shape index (κ1) is 14.4. The summed E-state index contributed by atoms with van der Waals surface area (Å²) in [5, 5.41) is 8.96. The van der Waals surface area contributed by atoms with E-state index in [-0.39, 0.29) is 0 Å². The van der Waals surface area contributed by atoms with Gasteiger partial charge in [0.15, 0.2) is 0 Å². The highest BCUT2D eigenvalue weighted by Crippen LogP contribution is 2.16. The minimum absolute atomic E-state index is 0.563. The molecule has 2 aromatic rings. The lowest BCUT2D eigenvalue weighted by atomic mass is 10.1. The van der Waals surface area contributed by atoms with Crippen LogP contribution in [0.1, 0.15) is 11.1 Å². The van der Waals surface area contributed by atoms with Crippen molar-refractivity contribution < 1.29 is 0 Å². The van der Waals surface area contributed by atoms with Crippen LogP contribution in [0, 0.1) is 11.3 Å². The van der Waals surface area contributed by atoms with Gasteiger partial charge < -0.3 is 10.6 Å². The van der Waals surface area contributed by atoms with Gasteiger partial charge in [-0.05, 0) is 29.8 Å². The zero-order valence-electron chi connectivity index (χ0n) is 12.4. The fraction of sp³-hybridized carbons (Fsp3) is 0.294. The lowest BCUT2D eigenvalue weighted by Crippen LogP contribution is -2.46. The molecule has 0 amide bonds. The molecule has 0 saturated carbocycles. The number of nitrogens with zero attached hydrogens (tertiary/aromatic N) is 4. The van der Waals surface area contributed by atoms with Gasteiger partial charge in [0.1, 0.15) is 11.6 Å². The number of nitrogen functional groups attached to an aromatic ring is 1. The van der Waals surface area contributed by atoms with Crippen molar-refractivity contribution in [2.45, 2.75) is 6.54 Å². The Morgan fingerprint density at radius 3 is 2.59 bits per heavy atom. The van der Waals surface area contributed by atoms with Crippen LogP contribution in [0.3, 0.4) is 0 Å². The number of rotatable bonds is 3. The van der Waals surface area contributed by atoms with Gasteiger partial charge in [-0.1, -0.05) is 18.2 Å². The lowest BCUT2D eigenvalue weighted by Gasteiger charge is -2.35. The van der Waals surface area contributed by atoms with E-state index in [1.165, 1.54) is 5.56 Å². The summed E-state index contributed by atoms with van der Waals surface area (Å²) in [4.78, 5) is 9.04. The number of piperazine rings is 1. The molecule has 0 spiro atoms. The number of nitriles is 1. The minimum Gasteiger partial charge on any atom is -0.384 e. The highest BCUT2D eigenvalue weighted by molar-refractivity contribution is 5.45. The molecule has 0 aliphatic carbocycles. The monoisotopic (exact) mass is 293 g/mol. The average molecular weight is 293 g/mol. The van der Waals surface area contributed by atoms with Gasteiger partial charge in [-0.15, -0.1) is 0 Å². The zero-order valence-corrected chi connectivity index (χ0v) is 12.4. The first-order chi connectivity index (χ1) is 10.7. The summed E-state index contributed by atoms with van der Waals surface area (Å²) in [6.45, 7) is 4.72. The van der Waals surface area contributed by atoms with E-state index in [0.29, 0.717) is 5.82 Å². The lowest BCUT2D eigenvalue weighted by molar-refractivity contribution is 0.249. The number of hydrogen-bond donors (Lipinski definition) is 1. The van der Waals surface area contributed by atoms with Crippen molar-refractivity contribution in [3.05, 3.63) is 53.6 Å². The van der Waals surface area contributed by atoms with Crippen LogP contribution < -0.4 is 10.6 Å². The summed E-state index contributed by atoms with van der Waals surface area (Å²) in [6, 6.07) is 15.8. The third kappa shape index (κ3) is 3.35. The molecule has 112 valence electrons. The molecule has 3 rings (SSSR count). The molecule has 22 heavy (non-hydrogen) atoms. The first-order valence-electron chi connectivity index (χ1n) is 7.43. The van der Waals surface area contributed by atoms with Gasteiger partial charge in [0, 0.05) is 32.7 Å². The van der Waals surface area contributed by atoms with E-state index in [2.05, 4.69) is 26.9 Å². The molecule has 5 heteroatoms. The molecule has 1 aliphatic rings. The van der Waals surface area contributed by atoms with Crippen LogP contribution in [-0.2, 0) is 6.54 Å². The SMILES string of the molecule is N#Cc1cccc(CN2CCN(c3cccc(N)n3)CC2)c1. The maximum Gasteiger partial charge on any atom is 0.131 e. The number of pyridine rings is 1. The van der Waals surface area contributed by atoms with Crippen LogP contribution in [0.4, 0.5) is 11.6 Å². The summed E-state index contributed by atoms with van der Waals surface area (Å²) in [5.74, 6) is 1.51. The van der Waals surface area contributed by atoms with E-state index in [4.69, 9.17) is 11.0 Å². The summed E-state index contributed by atoms with van der Waals surface area (Å²) in [5.41, 5.74) is 7.66. The predicted octanol–water partition coefficient (Wildman–Crippen LogP) is 1.86. The van der Waals surface area contributed by atoms with Crippen LogP contribution in [0.2, 0.25) is 0 Å². The zero-order chi connectivity index (χ0) is 15.4. The summed E-state index contributed by atoms with van der Waals surface area (Å²) >= 11 is 0. The van der Waals surface area contributed by atoms with Crippen LogP contribution in [0.5, 0.6) is 0 Å². The highest BCUT2D eigenvalue weighted by Gasteiger charge is 2.18. The smallest absolute Gasteiger partial charge is 0.131 e. The molecular formula is C17H19N5. The van der Waals surface area contributed by atoms with Crippen molar-refractivity contribution in [2.24, 2.45) is 0 Å². The third-order valence-corrected chi connectivity index (χ3v) is 3.91. The molecule has 0 atom stereocenters. The van der Waals surface area contributed by atoms with Gasteiger partial charge in [-0.2, -0.15) is 5.26 Å². The molecule has 0 bridgehead atoms. The highest BCUT2D eigenvalue weighted by atomic mass is 15.3. The van der Waals surface area contributed by atoms with Crippen molar-refractivity contribution >= 4 is 11.6 Å². The Balaban J connectivity index is 1.59. The first-order valence-corrected chi connectivity index (χ1v) is 7.43. The number of aromatic nitrogens is 1. The normalized spacial score (nSPS) is 15.5. The molecule has 2 heterocycles. The second-order valence-electron chi connectivity index (χ2n) is 5.50. The quantitative estimate of drug-likeness (QED) is 0.935. The van der Waals surface area contributed by atoms with Gasteiger partial charge in [0.25, 0.3) is 0 Å². The van der Waals surface area contributed by atoms with Gasteiger partial charge in [0.2, 0.25) is 0 Å².